The average molecular weight is 298 g/mol. The number of likely N-dealkylation sites (N-methyl/N-ethyl adjacent to an activating group) is 1. The molecule has 3 N–H and O–H groups in total. The summed E-state index contributed by atoms with van der Waals surface area (Å²) in [5.41, 5.74) is 7.03. The van der Waals surface area contributed by atoms with Gasteiger partial charge in [-0.3, -0.25) is 4.79 Å². The number of nitrogens with one attached hydrogen (secondary N) is 1. The Kier molecular flexibility index (Phi) is 3.95. The molecule has 5 nitrogen and oxygen atoms in total. The summed E-state index contributed by atoms with van der Waals surface area (Å²) in [4.78, 5) is 13.6. The van der Waals surface area contributed by atoms with Gasteiger partial charge in [0.1, 0.15) is 18.4 Å². The number of rotatable bonds is 4. The first-order valence-corrected chi connectivity index (χ1v) is 6.80. The molecule has 0 bridgehead atoms. The lowest BCUT2D eigenvalue weighted by atomic mass is 10.1. The van der Waals surface area contributed by atoms with Crippen LogP contribution in [0.15, 0.2) is 12.1 Å². The first-order chi connectivity index (χ1) is 9.22. The van der Waals surface area contributed by atoms with Crippen molar-refractivity contribution in [3.63, 3.8) is 0 Å². The van der Waals surface area contributed by atoms with E-state index in [1.165, 1.54) is 0 Å². The second-order valence-corrected chi connectivity index (χ2v) is 6.24. The lowest BCUT2D eigenvalue weighted by molar-refractivity contribution is -0.116. The van der Waals surface area contributed by atoms with Crippen molar-refractivity contribution in [2.75, 3.05) is 26.0 Å². The Hall–Kier alpha value is -1.30. The van der Waals surface area contributed by atoms with Crippen LogP contribution in [0.4, 0.5) is 5.69 Å². The standard InChI is InChI=1S/C14H20ClN3O2/c1-14(2,18(3)4)7-20-11-6-10-8(5-9(11)15)12(16)13(19)17-10/h5-6,12H,7,16H2,1-4H3,(H,17,19). The van der Waals surface area contributed by atoms with Crippen LogP contribution in [0.25, 0.3) is 0 Å². The zero-order chi connectivity index (χ0) is 15.1. The SMILES string of the molecule is CN(C)C(C)(C)COc1cc2c(cc1Cl)C(N)C(=O)N2. The summed E-state index contributed by atoms with van der Waals surface area (Å²) in [5.74, 6) is 0.330. The van der Waals surface area contributed by atoms with E-state index in [0.29, 0.717) is 28.6 Å². The number of halogens is 1. The Morgan fingerprint density at radius 3 is 2.70 bits per heavy atom. The smallest absolute Gasteiger partial charge is 0.245 e. The molecule has 1 aromatic rings. The van der Waals surface area contributed by atoms with Crippen molar-refractivity contribution in [2.45, 2.75) is 25.4 Å². The third-order valence-corrected chi connectivity index (χ3v) is 4.07. The van der Waals surface area contributed by atoms with E-state index >= 15 is 0 Å². The first kappa shape index (κ1) is 15.1. The average Bonchev–Trinajstić information content (AvgIpc) is 2.62. The fourth-order valence-corrected chi connectivity index (χ4v) is 2.01. The number of nitrogens with zero attached hydrogens (tertiary/aromatic N) is 1. The van der Waals surface area contributed by atoms with E-state index in [-0.39, 0.29) is 11.4 Å². The number of anilines is 1. The van der Waals surface area contributed by atoms with Crippen molar-refractivity contribution in [2.24, 2.45) is 5.73 Å². The minimum Gasteiger partial charge on any atom is -0.490 e. The molecule has 0 spiro atoms. The molecule has 2 rings (SSSR count). The Labute approximate surface area is 124 Å². The van der Waals surface area contributed by atoms with Crippen LogP contribution in [0.2, 0.25) is 5.02 Å². The second-order valence-electron chi connectivity index (χ2n) is 5.83. The lowest BCUT2D eigenvalue weighted by Gasteiger charge is -2.32. The maximum atomic E-state index is 11.5. The Balaban J connectivity index is 2.19. The van der Waals surface area contributed by atoms with Gasteiger partial charge in [-0.2, -0.15) is 0 Å². The van der Waals surface area contributed by atoms with Crippen molar-refractivity contribution in [3.05, 3.63) is 22.7 Å². The number of benzene rings is 1. The Morgan fingerprint density at radius 1 is 1.45 bits per heavy atom. The predicted octanol–water partition coefficient (Wildman–Crippen LogP) is 2.01. The van der Waals surface area contributed by atoms with Gasteiger partial charge in [-0.05, 0) is 34.0 Å². The minimum absolute atomic E-state index is 0.123. The summed E-state index contributed by atoms with van der Waals surface area (Å²) in [6.45, 7) is 4.64. The zero-order valence-electron chi connectivity index (χ0n) is 12.2. The molecule has 20 heavy (non-hydrogen) atoms. The van der Waals surface area contributed by atoms with E-state index in [2.05, 4.69) is 24.1 Å². The molecule has 1 aliphatic heterocycles. The third kappa shape index (κ3) is 2.75. The van der Waals surface area contributed by atoms with E-state index in [1.807, 2.05) is 14.1 Å². The van der Waals surface area contributed by atoms with E-state index in [0.717, 1.165) is 0 Å². The number of carbonyl (C=O) groups excluding carboxylic acids is 1. The Bertz CT molecular complexity index is 543. The van der Waals surface area contributed by atoms with Gasteiger partial charge in [0.15, 0.2) is 0 Å². The second kappa shape index (κ2) is 5.24. The van der Waals surface area contributed by atoms with Crippen LogP contribution in [0, 0.1) is 0 Å². The summed E-state index contributed by atoms with van der Waals surface area (Å²) in [6, 6.07) is 2.76. The van der Waals surface area contributed by atoms with Gasteiger partial charge >= 0.3 is 0 Å². The highest BCUT2D eigenvalue weighted by Gasteiger charge is 2.29. The fourth-order valence-electron chi connectivity index (χ4n) is 1.78. The van der Waals surface area contributed by atoms with Crippen LogP contribution in [0.3, 0.4) is 0 Å². The van der Waals surface area contributed by atoms with Crippen LogP contribution >= 0.6 is 11.6 Å². The molecular formula is C14H20ClN3O2. The van der Waals surface area contributed by atoms with Crippen LogP contribution in [-0.4, -0.2) is 37.0 Å². The van der Waals surface area contributed by atoms with Crippen molar-refractivity contribution in [3.8, 4) is 5.75 Å². The number of nitrogens with two attached hydrogens (primary N) is 1. The number of ether oxygens (including phenoxy) is 1. The quantitative estimate of drug-likeness (QED) is 0.892. The van der Waals surface area contributed by atoms with Crippen LogP contribution in [0.1, 0.15) is 25.5 Å². The monoisotopic (exact) mass is 297 g/mol. The largest absolute Gasteiger partial charge is 0.490 e. The van der Waals surface area contributed by atoms with Gasteiger partial charge < -0.3 is 20.7 Å². The van der Waals surface area contributed by atoms with E-state index in [1.54, 1.807) is 12.1 Å². The van der Waals surface area contributed by atoms with E-state index in [4.69, 9.17) is 22.1 Å². The molecule has 1 heterocycles. The normalized spacial score (nSPS) is 18.1. The van der Waals surface area contributed by atoms with Gasteiger partial charge in [-0.15, -0.1) is 0 Å². The van der Waals surface area contributed by atoms with E-state index < -0.39 is 6.04 Å². The highest BCUT2D eigenvalue weighted by molar-refractivity contribution is 6.32. The predicted molar refractivity (Wildman–Crippen MR) is 80.3 cm³/mol. The van der Waals surface area contributed by atoms with Gasteiger partial charge in [0.25, 0.3) is 0 Å². The molecule has 1 atom stereocenters. The molecule has 0 aromatic heterocycles. The minimum atomic E-state index is -0.658. The number of hydrogen-bond donors (Lipinski definition) is 2. The number of amides is 1. The summed E-state index contributed by atoms with van der Waals surface area (Å²) < 4.78 is 5.79. The molecule has 6 heteroatoms. The zero-order valence-corrected chi connectivity index (χ0v) is 12.9. The number of carbonyl (C=O) groups is 1. The maximum absolute atomic E-state index is 11.5. The van der Waals surface area contributed by atoms with Crippen molar-refractivity contribution < 1.29 is 9.53 Å². The molecule has 1 amide bonds. The summed E-state index contributed by atoms with van der Waals surface area (Å²) in [5, 5.41) is 3.18. The van der Waals surface area contributed by atoms with Gasteiger partial charge in [-0.25, -0.2) is 0 Å². The fraction of sp³-hybridized carbons (Fsp3) is 0.500. The molecular weight excluding hydrogens is 278 g/mol. The van der Waals surface area contributed by atoms with Crippen LogP contribution < -0.4 is 15.8 Å². The van der Waals surface area contributed by atoms with Crippen molar-refractivity contribution >= 4 is 23.2 Å². The molecule has 0 saturated carbocycles. The third-order valence-electron chi connectivity index (χ3n) is 3.77. The van der Waals surface area contributed by atoms with Gasteiger partial charge in [-0.1, -0.05) is 11.6 Å². The molecule has 1 aromatic carbocycles. The molecule has 0 fully saturated rings. The summed E-state index contributed by atoms with van der Waals surface area (Å²) in [6.07, 6.45) is 0. The van der Waals surface area contributed by atoms with Gasteiger partial charge in [0.2, 0.25) is 5.91 Å². The molecule has 1 unspecified atom stereocenters. The highest BCUT2D eigenvalue weighted by atomic mass is 35.5. The van der Waals surface area contributed by atoms with Crippen molar-refractivity contribution in [1.29, 1.82) is 0 Å². The van der Waals surface area contributed by atoms with Gasteiger partial charge in [0.05, 0.1) is 5.02 Å². The van der Waals surface area contributed by atoms with Crippen LogP contribution in [0.5, 0.6) is 5.75 Å². The molecule has 110 valence electrons. The van der Waals surface area contributed by atoms with Crippen molar-refractivity contribution in [1.82, 2.24) is 4.90 Å². The lowest BCUT2D eigenvalue weighted by Crippen LogP contribution is -2.43. The topological polar surface area (TPSA) is 67.6 Å². The number of hydrogen-bond acceptors (Lipinski definition) is 4. The summed E-state index contributed by atoms with van der Waals surface area (Å²) in [7, 11) is 3.99. The highest BCUT2D eigenvalue weighted by Crippen LogP contribution is 2.37. The molecule has 1 aliphatic rings. The van der Waals surface area contributed by atoms with E-state index in [9.17, 15) is 4.79 Å². The van der Waals surface area contributed by atoms with Crippen LogP contribution in [-0.2, 0) is 4.79 Å². The summed E-state index contributed by atoms with van der Waals surface area (Å²) >= 11 is 6.20. The molecule has 0 saturated heterocycles. The number of fused-ring (bicyclic) bond motifs is 1. The van der Waals surface area contributed by atoms with Gasteiger partial charge in [0, 0.05) is 22.9 Å². The first-order valence-electron chi connectivity index (χ1n) is 6.42. The Morgan fingerprint density at radius 2 is 2.10 bits per heavy atom. The molecule has 0 aliphatic carbocycles. The maximum Gasteiger partial charge on any atom is 0.245 e. The molecule has 0 radical (unpaired) electrons.